The fourth-order valence-corrected chi connectivity index (χ4v) is 3.48. The van der Waals surface area contributed by atoms with Crippen LogP contribution >= 0.6 is 0 Å². The third-order valence-electron chi connectivity index (χ3n) is 4.83. The minimum absolute atomic E-state index is 0.0953. The van der Waals surface area contributed by atoms with Crippen molar-refractivity contribution < 1.29 is 29.3 Å². The number of hydrogen-bond acceptors (Lipinski definition) is 7. The second-order valence-corrected chi connectivity index (χ2v) is 6.57. The van der Waals surface area contributed by atoms with Crippen LogP contribution in [0.2, 0.25) is 0 Å². The minimum atomic E-state index is -1.29. The Labute approximate surface area is 163 Å². The summed E-state index contributed by atoms with van der Waals surface area (Å²) in [4.78, 5) is 43.7. The summed E-state index contributed by atoms with van der Waals surface area (Å²) in [6, 6.07) is 5.97. The maximum absolute atomic E-state index is 12.7. The van der Waals surface area contributed by atoms with E-state index in [1.54, 1.807) is 18.2 Å². The van der Waals surface area contributed by atoms with Gasteiger partial charge in [-0.3, -0.25) is 9.20 Å². The van der Waals surface area contributed by atoms with E-state index in [1.807, 2.05) is 0 Å². The van der Waals surface area contributed by atoms with Crippen LogP contribution in [0.4, 0.5) is 0 Å². The summed E-state index contributed by atoms with van der Waals surface area (Å²) in [6.45, 7) is 0. The number of carbonyl (C=O) groups is 3. The third kappa shape index (κ3) is 3.24. The number of ether oxygens (including phenoxy) is 1. The fourth-order valence-electron chi connectivity index (χ4n) is 3.48. The molecule has 10 heteroatoms. The predicted molar refractivity (Wildman–Crippen MR) is 97.9 cm³/mol. The van der Waals surface area contributed by atoms with Crippen LogP contribution in [0.1, 0.15) is 54.9 Å². The van der Waals surface area contributed by atoms with Crippen molar-refractivity contribution in [3.05, 3.63) is 58.5 Å². The first-order chi connectivity index (χ1) is 13.9. The quantitative estimate of drug-likeness (QED) is 0.561. The second-order valence-electron chi connectivity index (χ2n) is 6.57. The highest BCUT2D eigenvalue weighted by Gasteiger charge is 2.27. The van der Waals surface area contributed by atoms with Gasteiger partial charge in [0.2, 0.25) is 11.7 Å². The molecule has 0 aliphatic heterocycles. The molecule has 0 saturated heterocycles. The summed E-state index contributed by atoms with van der Waals surface area (Å²) in [5.74, 6) is -2.77. The first-order valence-electron chi connectivity index (χ1n) is 8.72. The fraction of sp³-hybridized carbons (Fsp3) is 0.211. The number of rotatable bonds is 4. The SMILES string of the molecule is COC(=O)c1ccc2c(c1)CC[C@@H]2NC(=O)c1cc(C(=O)O)n2cc(O)nc2n1. The van der Waals surface area contributed by atoms with Gasteiger partial charge >= 0.3 is 11.9 Å². The topological polar surface area (TPSA) is 143 Å². The van der Waals surface area contributed by atoms with Gasteiger partial charge in [0.25, 0.3) is 5.91 Å². The molecule has 3 aromatic rings. The Bertz CT molecular complexity index is 1170. The molecular formula is C19H16N4O6. The molecule has 1 amide bonds. The number of nitrogens with zero attached hydrogens (tertiary/aromatic N) is 3. The molecule has 29 heavy (non-hydrogen) atoms. The number of fused-ring (bicyclic) bond motifs is 2. The van der Waals surface area contributed by atoms with Gasteiger partial charge in [-0.1, -0.05) is 6.07 Å². The lowest BCUT2D eigenvalue weighted by atomic mass is 10.0. The Morgan fingerprint density at radius 2 is 2.03 bits per heavy atom. The van der Waals surface area contributed by atoms with Crippen LogP contribution in [0.3, 0.4) is 0 Å². The normalized spacial score (nSPS) is 15.1. The number of imidazole rings is 1. The first kappa shape index (κ1) is 18.4. The van der Waals surface area contributed by atoms with Crippen LogP contribution in [-0.4, -0.2) is 49.5 Å². The Hall–Kier alpha value is -3.95. The third-order valence-corrected chi connectivity index (χ3v) is 4.83. The largest absolute Gasteiger partial charge is 0.492 e. The van der Waals surface area contributed by atoms with Gasteiger partial charge in [-0.25, -0.2) is 14.6 Å². The van der Waals surface area contributed by atoms with Crippen molar-refractivity contribution in [2.24, 2.45) is 0 Å². The number of carboxylic acids is 1. The summed E-state index contributed by atoms with van der Waals surface area (Å²) < 4.78 is 5.81. The number of aromatic hydroxyl groups is 1. The number of carboxylic acid groups (broad SMARTS) is 1. The number of aromatic carboxylic acids is 1. The van der Waals surface area contributed by atoms with E-state index in [-0.39, 0.29) is 23.2 Å². The number of carbonyl (C=O) groups excluding carboxylic acids is 2. The highest BCUT2D eigenvalue weighted by atomic mass is 16.5. The molecule has 10 nitrogen and oxygen atoms in total. The Kier molecular flexibility index (Phi) is 4.38. The average Bonchev–Trinajstić information content (AvgIpc) is 3.28. The van der Waals surface area contributed by atoms with E-state index in [4.69, 9.17) is 4.74 Å². The molecule has 1 atom stereocenters. The molecule has 0 unspecified atom stereocenters. The average molecular weight is 396 g/mol. The van der Waals surface area contributed by atoms with Crippen LogP contribution in [0.5, 0.6) is 5.88 Å². The maximum atomic E-state index is 12.7. The number of nitrogens with one attached hydrogen (secondary N) is 1. The molecular weight excluding hydrogens is 380 g/mol. The van der Waals surface area contributed by atoms with Gasteiger partial charge in [0.1, 0.15) is 11.4 Å². The first-order valence-corrected chi connectivity index (χ1v) is 8.72. The Morgan fingerprint density at radius 3 is 2.76 bits per heavy atom. The molecule has 0 fully saturated rings. The number of hydrogen-bond donors (Lipinski definition) is 3. The highest BCUT2D eigenvalue weighted by Crippen LogP contribution is 2.32. The molecule has 0 saturated carbocycles. The van der Waals surface area contributed by atoms with Gasteiger partial charge in [0.15, 0.2) is 0 Å². The van der Waals surface area contributed by atoms with E-state index < -0.39 is 23.7 Å². The van der Waals surface area contributed by atoms with Gasteiger partial charge in [-0.15, -0.1) is 0 Å². The van der Waals surface area contributed by atoms with Crippen molar-refractivity contribution in [2.45, 2.75) is 18.9 Å². The van der Waals surface area contributed by atoms with Crippen molar-refractivity contribution in [3.63, 3.8) is 0 Å². The summed E-state index contributed by atoms with van der Waals surface area (Å²) in [5.41, 5.74) is 1.88. The minimum Gasteiger partial charge on any atom is -0.492 e. The molecule has 1 aliphatic carbocycles. The number of esters is 1. The van der Waals surface area contributed by atoms with E-state index >= 15 is 0 Å². The van der Waals surface area contributed by atoms with Gasteiger partial charge in [0, 0.05) is 6.07 Å². The van der Waals surface area contributed by atoms with Crippen LogP contribution in [-0.2, 0) is 11.2 Å². The Morgan fingerprint density at radius 1 is 1.24 bits per heavy atom. The summed E-state index contributed by atoms with van der Waals surface area (Å²) in [5, 5.41) is 21.7. The van der Waals surface area contributed by atoms with Gasteiger partial charge in [-0.05, 0) is 36.1 Å². The van der Waals surface area contributed by atoms with Crippen molar-refractivity contribution in [1.29, 1.82) is 0 Å². The summed E-state index contributed by atoms with van der Waals surface area (Å²) >= 11 is 0. The van der Waals surface area contributed by atoms with Gasteiger partial charge in [0.05, 0.1) is 24.9 Å². The molecule has 2 aromatic heterocycles. The highest BCUT2D eigenvalue weighted by molar-refractivity contribution is 5.96. The van der Waals surface area contributed by atoms with Crippen LogP contribution in [0.25, 0.3) is 5.78 Å². The second kappa shape index (κ2) is 6.89. The molecule has 3 N–H and O–H groups in total. The molecule has 2 heterocycles. The van der Waals surface area contributed by atoms with E-state index in [0.29, 0.717) is 18.4 Å². The standard InChI is InChI=1S/C19H16N4O6/c1-29-18(28)10-2-4-11-9(6-10)3-5-12(11)20-16(25)13-7-14(17(26)27)23-8-15(24)22-19(23)21-13/h2,4,6-8,12,24H,3,5H2,1H3,(H,20,25)(H,26,27)/t12-/m0/s1. The Balaban J connectivity index is 1.61. The number of methoxy groups -OCH3 is 1. The van der Waals surface area contributed by atoms with E-state index in [2.05, 4.69) is 15.3 Å². The lowest BCUT2D eigenvalue weighted by molar-refractivity contribution is 0.0599. The van der Waals surface area contributed by atoms with Crippen molar-refractivity contribution in [3.8, 4) is 5.88 Å². The summed E-state index contributed by atoms with van der Waals surface area (Å²) in [6.07, 6.45) is 2.41. The molecule has 0 spiro atoms. The van der Waals surface area contributed by atoms with Crippen molar-refractivity contribution in [1.82, 2.24) is 19.7 Å². The molecule has 1 aliphatic rings. The number of amides is 1. The molecule has 1 aromatic carbocycles. The van der Waals surface area contributed by atoms with Crippen molar-refractivity contribution in [2.75, 3.05) is 7.11 Å². The lowest BCUT2D eigenvalue weighted by Crippen LogP contribution is -2.28. The molecule has 0 bridgehead atoms. The van der Waals surface area contributed by atoms with E-state index in [1.165, 1.54) is 7.11 Å². The lowest BCUT2D eigenvalue weighted by Gasteiger charge is -2.14. The van der Waals surface area contributed by atoms with Crippen LogP contribution in [0.15, 0.2) is 30.5 Å². The van der Waals surface area contributed by atoms with Gasteiger partial charge in [-0.2, -0.15) is 4.98 Å². The zero-order valence-electron chi connectivity index (χ0n) is 15.2. The van der Waals surface area contributed by atoms with E-state index in [9.17, 15) is 24.6 Å². The number of benzene rings is 1. The molecule has 0 radical (unpaired) electrons. The smallest absolute Gasteiger partial charge is 0.353 e. The number of aryl methyl sites for hydroxylation is 1. The maximum Gasteiger partial charge on any atom is 0.353 e. The molecule has 4 rings (SSSR count). The van der Waals surface area contributed by atoms with E-state index in [0.717, 1.165) is 27.8 Å². The zero-order chi connectivity index (χ0) is 20.7. The molecule has 148 valence electrons. The monoisotopic (exact) mass is 396 g/mol. The van der Waals surface area contributed by atoms with Gasteiger partial charge < -0.3 is 20.3 Å². The van der Waals surface area contributed by atoms with Crippen molar-refractivity contribution >= 4 is 23.6 Å². The van der Waals surface area contributed by atoms with Crippen LogP contribution < -0.4 is 5.32 Å². The van der Waals surface area contributed by atoms with Crippen LogP contribution in [0, 0.1) is 0 Å². The number of aromatic nitrogens is 3. The zero-order valence-corrected chi connectivity index (χ0v) is 15.2. The summed E-state index contributed by atoms with van der Waals surface area (Å²) in [7, 11) is 1.31. The predicted octanol–water partition coefficient (Wildman–Crippen LogP) is 1.34.